The Morgan fingerprint density at radius 1 is 1.35 bits per heavy atom. The van der Waals surface area contributed by atoms with Gasteiger partial charge < -0.3 is 5.11 Å². The summed E-state index contributed by atoms with van der Waals surface area (Å²) >= 11 is 3.94. The van der Waals surface area contributed by atoms with Crippen LogP contribution in [0.3, 0.4) is 0 Å². The minimum absolute atomic E-state index is 0.0669. The number of hydrogen-bond donors (Lipinski definition) is 1. The summed E-state index contributed by atoms with van der Waals surface area (Å²) in [6.45, 7) is 8.54. The third-order valence-corrected chi connectivity index (χ3v) is 5.61. The van der Waals surface area contributed by atoms with Gasteiger partial charge in [-0.3, -0.25) is 0 Å². The number of aromatic nitrogens is 1. The highest BCUT2D eigenvalue weighted by atomic mass is 127. The van der Waals surface area contributed by atoms with E-state index in [2.05, 4.69) is 66.7 Å². The van der Waals surface area contributed by atoms with Crippen LogP contribution in [0.15, 0.2) is 23.6 Å². The summed E-state index contributed by atoms with van der Waals surface area (Å²) in [4.78, 5) is 4.66. The molecule has 0 fully saturated rings. The van der Waals surface area contributed by atoms with Gasteiger partial charge in [0.15, 0.2) is 0 Å². The van der Waals surface area contributed by atoms with Crippen LogP contribution in [0.5, 0.6) is 0 Å². The molecule has 1 N–H and O–H groups in total. The Kier molecular flexibility index (Phi) is 4.87. The molecule has 0 saturated carbocycles. The summed E-state index contributed by atoms with van der Waals surface area (Å²) < 4.78 is 1.14. The molecule has 4 heteroatoms. The van der Waals surface area contributed by atoms with Gasteiger partial charge in [0.25, 0.3) is 0 Å². The Morgan fingerprint density at radius 3 is 2.65 bits per heavy atom. The zero-order chi connectivity index (χ0) is 14.9. The predicted octanol–water partition coefficient (Wildman–Crippen LogP) is 4.63. The summed E-state index contributed by atoms with van der Waals surface area (Å²) in [5, 5.41) is 13.6. The summed E-state index contributed by atoms with van der Waals surface area (Å²) in [5.74, 6) is 0. The first kappa shape index (κ1) is 15.9. The number of halogens is 1. The molecule has 20 heavy (non-hydrogen) atoms. The average molecular weight is 401 g/mol. The van der Waals surface area contributed by atoms with E-state index in [0.717, 1.165) is 19.8 Å². The van der Waals surface area contributed by atoms with Gasteiger partial charge in [0, 0.05) is 20.8 Å². The Bertz CT molecular complexity index is 601. The first-order valence-corrected chi connectivity index (χ1v) is 8.63. The van der Waals surface area contributed by atoms with Crippen LogP contribution in [-0.2, 0) is 11.8 Å². The van der Waals surface area contributed by atoms with Gasteiger partial charge in [-0.1, -0.05) is 39.0 Å². The van der Waals surface area contributed by atoms with Crippen molar-refractivity contribution in [1.82, 2.24) is 4.98 Å². The molecule has 0 saturated heterocycles. The molecule has 2 nitrogen and oxygen atoms in total. The number of aliphatic hydroxyl groups is 1. The molecule has 0 aliphatic carbocycles. The van der Waals surface area contributed by atoms with E-state index in [1.807, 2.05) is 12.1 Å². The molecular formula is C16H20INOS. The first-order chi connectivity index (χ1) is 9.29. The van der Waals surface area contributed by atoms with Crippen molar-refractivity contribution >= 4 is 33.9 Å². The van der Waals surface area contributed by atoms with E-state index in [0.29, 0.717) is 6.42 Å². The van der Waals surface area contributed by atoms with Gasteiger partial charge in [-0.05, 0) is 40.6 Å². The molecule has 0 spiro atoms. The van der Waals surface area contributed by atoms with Gasteiger partial charge in [-0.15, -0.1) is 11.3 Å². The molecule has 1 unspecified atom stereocenters. The Labute approximate surface area is 138 Å². The van der Waals surface area contributed by atoms with E-state index >= 15 is 0 Å². The van der Waals surface area contributed by atoms with Gasteiger partial charge >= 0.3 is 0 Å². The number of aliphatic hydroxyl groups excluding tert-OH is 1. The minimum Gasteiger partial charge on any atom is -0.388 e. The molecule has 2 rings (SSSR count). The van der Waals surface area contributed by atoms with Crippen molar-refractivity contribution in [2.45, 2.75) is 45.6 Å². The molecule has 0 aliphatic rings. The number of thiazole rings is 1. The third-order valence-electron chi connectivity index (χ3n) is 3.27. The van der Waals surface area contributed by atoms with Crippen LogP contribution in [0.1, 0.15) is 48.7 Å². The van der Waals surface area contributed by atoms with E-state index < -0.39 is 6.10 Å². The van der Waals surface area contributed by atoms with Crippen molar-refractivity contribution in [3.63, 3.8) is 0 Å². The second kappa shape index (κ2) is 6.12. The second-order valence-electron chi connectivity index (χ2n) is 6.07. The second-order valence-corrected chi connectivity index (χ2v) is 8.10. The number of nitrogens with zero attached hydrogens (tertiary/aromatic N) is 1. The van der Waals surface area contributed by atoms with Crippen molar-refractivity contribution in [2.24, 2.45) is 0 Å². The molecular weight excluding hydrogens is 381 g/mol. The topological polar surface area (TPSA) is 33.1 Å². The Morgan fingerprint density at radius 2 is 2.05 bits per heavy atom. The maximum absolute atomic E-state index is 10.5. The fourth-order valence-electron chi connectivity index (χ4n) is 1.95. The lowest BCUT2D eigenvalue weighted by atomic mass is 9.93. The predicted molar refractivity (Wildman–Crippen MR) is 93.4 cm³/mol. The van der Waals surface area contributed by atoms with Crippen molar-refractivity contribution in [1.29, 1.82) is 0 Å². The van der Waals surface area contributed by atoms with Crippen LogP contribution in [0.2, 0.25) is 0 Å². The molecule has 1 aromatic heterocycles. The number of rotatable bonds is 3. The monoisotopic (exact) mass is 401 g/mol. The maximum Gasteiger partial charge on any atom is 0.0957 e. The zero-order valence-corrected chi connectivity index (χ0v) is 15.2. The largest absolute Gasteiger partial charge is 0.388 e. The highest BCUT2D eigenvalue weighted by Gasteiger charge is 2.19. The standard InChI is InChI=1S/C16H20INOS/c1-10-6-5-7-11(15(10)17)12(19)8-14-18-13(9-20-14)16(2,3)4/h5-7,9,12,19H,8H2,1-4H3. The molecule has 1 aromatic carbocycles. The Balaban J connectivity index is 2.18. The van der Waals surface area contributed by atoms with Crippen LogP contribution in [0.25, 0.3) is 0 Å². The van der Waals surface area contributed by atoms with E-state index in [4.69, 9.17) is 0 Å². The van der Waals surface area contributed by atoms with Crippen molar-refractivity contribution < 1.29 is 5.11 Å². The van der Waals surface area contributed by atoms with Crippen LogP contribution in [-0.4, -0.2) is 10.1 Å². The van der Waals surface area contributed by atoms with Crippen molar-refractivity contribution in [2.75, 3.05) is 0 Å². The molecule has 2 aromatic rings. The quantitative estimate of drug-likeness (QED) is 0.761. The first-order valence-electron chi connectivity index (χ1n) is 6.67. The summed E-state index contributed by atoms with van der Waals surface area (Å²) in [7, 11) is 0. The normalized spacial score (nSPS) is 13.5. The number of benzene rings is 1. The van der Waals surface area contributed by atoms with Gasteiger partial charge in [-0.2, -0.15) is 0 Å². The zero-order valence-electron chi connectivity index (χ0n) is 12.3. The van der Waals surface area contributed by atoms with E-state index in [-0.39, 0.29) is 5.41 Å². The summed E-state index contributed by atoms with van der Waals surface area (Å²) in [6, 6.07) is 6.06. The number of aryl methyl sites for hydroxylation is 1. The minimum atomic E-state index is -0.485. The van der Waals surface area contributed by atoms with Gasteiger partial charge in [0.05, 0.1) is 16.8 Å². The molecule has 0 radical (unpaired) electrons. The molecule has 1 heterocycles. The third kappa shape index (κ3) is 3.59. The fourth-order valence-corrected chi connectivity index (χ4v) is 3.73. The lowest BCUT2D eigenvalue weighted by molar-refractivity contribution is 0.177. The lowest BCUT2D eigenvalue weighted by Crippen LogP contribution is -2.12. The molecule has 108 valence electrons. The molecule has 0 bridgehead atoms. The smallest absolute Gasteiger partial charge is 0.0957 e. The number of hydrogen-bond acceptors (Lipinski definition) is 3. The van der Waals surface area contributed by atoms with Gasteiger partial charge in [0.2, 0.25) is 0 Å². The van der Waals surface area contributed by atoms with Crippen molar-refractivity contribution in [3.05, 3.63) is 49.0 Å². The van der Waals surface area contributed by atoms with Gasteiger partial charge in [0.1, 0.15) is 0 Å². The Hall–Kier alpha value is -0.460. The lowest BCUT2D eigenvalue weighted by Gasteiger charge is -2.15. The van der Waals surface area contributed by atoms with Gasteiger partial charge in [-0.25, -0.2) is 4.98 Å². The highest BCUT2D eigenvalue weighted by Crippen LogP contribution is 2.29. The SMILES string of the molecule is Cc1cccc(C(O)Cc2nc(C(C)(C)C)cs2)c1I. The van der Waals surface area contributed by atoms with E-state index in [1.54, 1.807) is 11.3 Å². The summed E-state index contributed by atoms with van der Waals surface area (Å²) in [6.07, 6.45) is 0.0981. The highest BCUT2D eigenvalue weighted by molar-refractivity contribution is 14.1. The van der Waals surface area contributed by atoms with E-state index in [9.17, 15) is 5.11 Å². The fraction of sp³-hybridized carbons (Fsp3) is 0.438. The van der Waals surface area contributed by atoms with Crippen LogP contribution in [0.4, 0.5) is 0 Å². The van der Waals surface area contributed by atoms with Crippen LogP contribution < -0.4 is 0 Å². The van der Waals surface area contributed by atoms with Crippen LogP contribution >= 0.6 is 33.9 Å². The average Bonchev–Trinajstić information content (AvgIpc) is 2.81. The van der Waals surface area contributed by atoms with Crippen LogP contribution in [0, 0.1) is 10.5 Å². The van der Waals surface area contributed by atoms with E-state index in [1.165, 1.54) is 5.56 Å². The molecule has 0 amide bonds. The molecule has 0 aliphatic heterocycles. The summed E-state index contributed by atoms with van der Waals surface area (Å²) in [5.41, 5.74) is 3.37. The molecule has 1 atom stereocenters. The van der Waals surface area contributed by atoms with Crippen molar-refractivity contribution in [3.8, 4) is 0 Å². The maximum atomic E-state index is 10.5.